The van der Waals surface area contributed by atoms with Crippen molar-refractivity contribution < 1.29 is 22.2 Å². The number of nitrogens with zero attached hydrogens (tertiary/aromatic N) is 1. The van der Waals surface area contributed by atoms with E-state index in [2.05, 4.69) is 0 Å². The average molecular weight is 303 g/mol. The molecule has 6 nitrogen and oxygen atoms in total. The summed E-state index contributed by atoms with van der Waals surface area (Å²) in [6.45, 7) is 0. The third-order valence-electron chi connectivity index (χ3n) is 2.93. The summed E-state index contributed by atoms with van der Waals surface area (Å²) in [6, 6.07) is 13.6. The van der Waals surface area contributed by atoms with Crippen LogP contribution in [0, 0.1) is 0 Å². The molecule has 0 spiro atoms. The van der Waals surface area contributed by atoms with E-state index in [9.17, 15) is 18.0 Å². The van der Waals surface area contributed by atoms with E-state index in [-0.39, 0.29) is 21.2 Å². The maximum atomic E-state index is 12.2. The van der Waals surface area contributed by atoms with Gasteiger partial charge in [0.25, 0.3) is 11.8 Å². The predicted octanol–water partition coefficient (Wildman–Crippen LogP) is 1.61. The molecular weight excluding hydrogens is 294 g/mol. The summed E-state index contributed by atoms with van der Waals surface area (Å²) in [6.07, 6.45) is 0. The first kappa shape index (κ1) is 13.3. The maximum absolute atomic E-state index is 12.2. The molecule has 0 radical (unpaired) electrons. The van der Waals surface area contributed by atoms with Crippen molar-refractivity contribution in [3.8, 4) is 5.75 Å². The van der Waals surface area contributed by atoms with Gasteiger partial charge in [0, 0.05) is 0 Å². The van der Waals surface area contributed by atoms with Gasteiger partial charge in [-0.05, 0) is 24.3 Å². The fourth-order valence-corrected chi connectivity index (χ4v) is 3.04. The topological polar surface area (TPSA) is 80.8 Å². The van der Waals surface area contributed by atoms with Gasteiger partial charge in [0.1, 0.15) is 5.75 Å². The molecule has 2 amide bonds. The van der Waals surface area contributed by atoms with Crippen LogP contribution in [0.15, 0.2) is 54.6 Å². The summed E-state index contributed by atoms with van der Waals surface area (Å²) in [5, 5.41) is 0. The Hall–Kier alpha value is -2.67. The Labute approximate surface area is 120 Å². The molecule has 0 aliphatic carbocycles. The highest BCUT2D eigenvalue weighted by atomic mass is 32.2. The van der Waals surface area contributed by atoms with Gasteiger partial charge in [0.15, 0.2) is 0 Å². The molecule has 1 heterocycles. The Morgan fingerprint density at radius 3 is 1.76 bits per heavy atom. The number of amides is 2. The first-order valence-corrected chi connectivity index (χ1v) is 7.35. The van der Waals surface area contributed by atoms with E-state index < -0.39 is 22.1 Å². The summed E-state index contributed by atoms with van der Waals surface area (Å²) >= 11 is 0. The van der Waals surface area contributed by atoms with Crippen LogP contribution >= 0.6 is 0 Å². The van der Waals surface area contributed by atoms with Crippen molar-refractivity contribution in [1.82, 2.24) is 4.31 Å². The van der Waals surface area contributed by atoms with Gasteiger partial charge in [-0.15, -0.1) is 4.31 Å². The number of imide groups is 1. The van der Waals surface area contributed by atoms with Crippen molar-refractivity contribution >= 4 is 22.1 Å². The van der Waals surface area contributed by atoms with Gasteiger partial charge in [-0.25, -0.2) is 0 Å². The molecule has 0 aromatic heterocycles. The first-order chi connectivity index (χ1) is 10.0. The monoisotopic (exact) mass is 303 g/mol. The molecular formula is C14H9NO5S. The predicted molar refractivity (Wildman–Crippen MR) is 72.9 cm³/mol. The molecule has 2 aromatic rings. The van der Waals surface area contributed by atoms with Crippen LogP contribution in [-0.2, 0) is 10.3 Å². The Bertz CT molecular complexity index is 794. The molecule has 7 heteroatoms. The summed E-state index contributed by atoms with van der Waals surface area (Å²) < 4.78 is 29.3. The molecule has 21 heavy (non-hydrogen) atoms. The fraction of sp³-hybridized carbons (Fsp3) is 0. The molecule has 106 valence electrons. The van der Waals surface area contributed by atoms with Crippen molar-refractivity contribution in [2.45, 2.75) is 0 Å². The van der Waals surface area contributed by atoms with Gasteiger partial charge in [-0.2, -0.15) is 8.42 Å². The smallest absolute Gasteiger partial charge is 0.366 e. The van der Waals surface area contributed by atoms with Crippen molar-refractivity contribution in [3.05, 3.63) is 65.7 Å². The normalized spacial score (nSPS) is 14.2. The quantitative estimate of drug-likeness (QED) is 0.805. The third kappa shape index (κ3) is 2.17. The number of hydrogen-bond acceptors (Lipinski definition) is 5. The van der Waals surface area contributed by atoms with Gasteiger partial charge in [0.2, 0.25) is 0 Å². The zero-order valence-corrected chi connectivity index (χ0v) is 11.4. The number of para-hydroxylation sites is 1. The Balaban J connectivity index is 1.98. The second kappa shape index (κ2) is 4.71. The zero-order valence-electron chi connectivity index (χ0n) is 10.6. The Morgan fingerprint density at radius 1 is 0.762 bits per heavy atom. The summed E-state index contributed by atoms with van der Waals surface area (Å²) in [5.41, 5.74) is 0.0884. The number of benzene rings is 2. The van der Waals surface area contributed by atoms with Crippen LogP contribution in [0.25, 0.3) is 0 Å². The van der Waals surface area contributed by atoms with E-state index in [1.54, 1.807) is 30.3 Å². The highest BCUT2D eigenvalue weighted by Crippen LogP contribution is 2.26. The Kier molecular flexibility index (Phi) is 2.99. The van der Waals surface area contributed by atoms with Crippen LogP contribution in [-0.4, -0.2) is 24.5 Å². The molecule has 0 saturated carbocycles. The highest BCUT2D eigenvalue weighted by Gasteiger charge is 2.44. The van der Waals surface area contributed by atoms with Crippen molar-refractivity contribution in [2.24, 2.45) is 0 Å². The average Bonchev–Trinajstić information content (AvgIpc) is 2.72. The van der Waals surface area contributed by atoms with E-state index in [4.69, 9.17) is 4.18 Å². The van der Waals surface area contributed by atoms with Crippen molar-refractivity contribution in [3.63, 3.8) is 0 Å². The van der Waals surface area contributed by atoms with Crippen LogP contribution in [0.3, 0.4) is 0 Å². The van der Waals surface area contributed by atoms with Gasteiger partial charge in [0.05, 0.1) is 11.1 Å². The van der Waals surface area contributed by atoms with E-state index in [1.165, 1.54) is 24.3 Å². The molecule has 0 N–H and O–H groups in total. The third-order valence-corrected chi connectivity index (χ3v) is 4.11. The fourth-order valence-electron chi connectivity index (χ4n) is 2.01. The standard InChI is InChI=1S/C14H9NO5S/c16-13-11-8-4-5-9-12(11)14(17)15(13)21(18,19)20-10-6-2-1-3-7-10/h1-9H. The lowest BCUT2D eigenvalue weighted by molar-refractivity contribution is 0.0756. The molecule has 1 aliphatic rings. The van der Waals surface area contributed by atoms with Crippen molar-refractivity contribution in [1.29, 1.82) is 0 Å². The lowest BCUT2D eigenvalue weighted by Gasteiger charge is -2.14. The molecule has 0 unspecified atom stereocenters. The summed E-state index contributed by atoms with van der Waals surface area (Å²) in [4.78, 5) is 24.2. The molecule has 0 saturated heterocycles. The number of hydrogen-bond donors (Lipinski definition) is 0. The maximum Gasteiger partial charge on any atom is 0.419 e. The minimum atomic E-state index is -4.54. The highest BCUT2D eigenvalue weighted by molar-refractivity contribution is 7.86. The first-order valence-electron chi connectivity index (χ1n) is 5.98. The molecule has 0 atom stereocenters. The molecule has 0 bridgehead atoms. The minimum absolute atomic E-state index is 0.0223. The SMILES string of the molecule is O=C1c2ccccc2C(=O)N1S(=O)(=O)Oc1ccccc1. The lowest BCUT2D eigenvalue weighted by Crippen LogP contribution is -2.38. The molecule has 0 fully saturated rings. The summed E-state index contributed by atoms with van der Waals surface area (Å²) in [7, 11) is -4.54. The van der Waals surface area contributed by atoms with Crippen LogP contribution in [0.1, 0.15) is 20.7 Å². The van der Waals surface area contributed by atoms with Gasteiger partial charge in [-0.1, -0.05) is 30.3 Å². The van der Waals surface area contributed by atoms with Crippen molar-refractivity contribution in [2.75, 3.05) is 0 Å². The largest absolute Gasteiger partial charge is 0.419 e. The number of carbonyl (C=O) groups excluding carboxylic acids is 2. The van der Waals surface area contributed by atoms with Gasteiger partial charge in [-0.3, -0.25) is 9.59 Å². The molecule has 1 aliphatic heterocycles. The van der Waals surface area contributed by atoms with E-state index in [1.807, 2.05) is 0 Å². The van der Waals surface area contributed by atoms with Crippen LogP contribution < -0.4 is 4.18 Å². The second-order valence-corrected chi connectivity index (χ2v) is 5.66. The number of fused-ring (bicyclic) bond motifs is 1. The summed E-state index contributed by atoms with van der Waals surface area (Å²) in [5.74, 6) is -1.80. The molecule has 2 aromatic carbocycles. The van der Waals surface area contributed by atoms with Crippen LogP contribution in [0.2, 0.25) is 0 Å². The van der Waals surface area contributed by atoms with E-state index in [0.717, 1.165) is 0 Å². The van der Waals surface area contributed by atoms with Crippen LogP contribution in [0.5, 0.6) is 5.75 Å². The van der Waals surface area contributed by atoms with Crippen LogP contribution in [0.4, 0.5) is 0 Å². The number of rotatable bonds is 3. The van der Waals surface area contributed by atoms with Gasteiger partial charge >= 0.3 is 10.3 Å². The zero-order chi connectivity index (χ0) is 15.0. The van der Waals surface area contributed by atoms with E-state index in [0.29, 0.717) is 0 Å². The second-order valence-electron chi connectivity index (χ2n) is 4.27. The molecule has 3 rings (SSSR count). The van der Waals surface area contributed by atoms with Gasteiger partial charge < -0.3 is 4.18 Å². The lowest BCUT2D eigenvalue weighted by atomic mass is 10.1. The number of carbonyl (C=O) groups is 2. The minimum Gasteiger partial charge on any atom is -0.366 e. The Morgan fingerprint density at radius 2 is 1.24 bits per heavy atom. The van der Waals surface area contributed by atoms with E-state index >= 15 is 0 Å².